The van der Waals surface area contributed by atoms with Crippen LogP contribution in [0.15, 0.2) is 30.3 Å². The summed E-state index contributed by atoms with van der Waals surface area (Å²) in [5.74, 6) is 0.197. The van der Waals surface area contributed by atoms with Crippen molar-refractivity contribution in [2.45, 2.75) is 31.7 Å². The lowest BCUT2D eigenvalue weighted by atomic mass is 10.1. The Bertz CT molecular complexity index is 366. The van der Waals surface area contributed by atoms with E-state index >= 15 is 0 Å². The number of likely N-dealkylation sites (tertiary alicyclic amines) is 1. The number of amides is 1. The lowest BCUT2D eigenvalue weighted by Crippen LogP contribution is -2.35. The molecule has 1 aliphatic heterocycles. The maximum Gasteiger partial charge on any atom is 0.254 e. The van der Waals surface area contributed by atoms with E-state index in [9.17, 15) is 4.79 Å². The number of halogens is 1. The Morgan fingerprint density at radius 3 is 2.82 bits per heavy atom. The molecule has 0 N–H and O–H groups in total. The zero-order valence-electron chi connectivity index (χ0n) is 9.94. The smallest absolute Gasteiger partial charge is 0.254 e. The number of carbonyl (C=O) groups is 1. The molecular formula is C14H18BrNO. The molecule has 3 heteroatoms. The van der Waals surface area contributed by atoms with Crippen molar-refractivity contribution < 1.29 is 4.79 Å². The fourth-order valence-corrected chi connectivity index (χ4v) is 2.79. The van der Waals surface area contributed by atoms with Crippen molar-refractivity contribution >= 4 is 21.8 Å². The van der Waals surface area contributed by atoms with Crippen LogP contribution in [0.3, 0.4) is 0 Å². The predicted molar refractivity (Wildman–Crippen MR) is 73.5 cm³/mol. The van der Waals surface area contributed by atoms with E-state index in [0.717, 1.165) is 43.1 Å². The number of alkyl halides is 1. The molecule has 0 aromatic heterocycles. The maximum absolute atomic E-state index is 12.3. The molecule has 1 atom stereocenters. The fraction of sp³-hybridized carbons (Fsp3) is 0.500. The summed E-state index contributed by atoms with van der Waals surface area (Å²) in [6.45, 7) is 0.917. The molecule has 92 valence electrons. The van der Waals surface area contributed by atoms with Gasteiger partial charge in [-0.05, 0) is 37.8 Å². The van der Waals surface area contributed by atoms with Crippen LogP contribution in [-0.2, 0) is 0 Å². The number of carbonyl (C=O) groups excluding carboxylic acids is 1. The molecule has 17 heavy (non-hydrogen) atoms. The van der Waals surface area contributed by atoms with Crippen LogP contribution in [0.4, 0.5) is 0 Å². The summed E-state index contributed by atoms with van der Waals surface area (Å²) in [6.07, 6.45) is 4.56. The zero-order valence-corrected chi connectivity index (χ0v) is 11.5. The molecule has 0 radical (unpaired) electrons. The third-order valence-electron chi connectivity index (χ3n) is 3.33. The topological polar surface area (TPSA) is 20.3 Å². The van der Waals surface area contributed by atoms with Crippen molar-refractivity contribution in [2.75, 3.05) is 11.9 Å². The van der Waals surface area contributed by atoms with Gasteiger partial charge in [0.25, 0.3) is 5.91 Å². The summed E-state index contributed by atoms with van der Waals surface area (Å²) >= 11 is 3.46. The van der Waals surface area contributed by atoms with Gasteiger partial charge in [0.05, 0.1) is 0 Å². The van der Waals surface area contributed by atoms with Crippen LogP contribution in [0.2, 0.25) is 0 Å². The molecule has 2 nitrogen and oxygen atoms in total. The summed E-state index contributed by atoms with van der Waals surface area (Å²) in [4.78, 5) is 14.4. The predicted octanol–water partition coefficient (Wildman–Crippen LogP) is 3.47. The zero-order chi connectivity index (χ0) is 12.1. The number of rotatable bonds is 4. The Morgan fingerprint density at radius 1 is 1.35 bits per heavy atom. The van der Waals surface area contributed by atoms with Crippen LogP contribution in [0, 0.1) is 0 Å². The summed E-state index contributed by atoms with van der Waals surface area (Å²) in [5, 5.41) is 1.02. The molecule has 0 saturated carbocycles. The molecule has 1 unspecified atom stereocenters. The largest absolute Gasteiger partial charge is 0.336 e. The van der Waals surface area contributed by atoms with E-state index < -0.39 is 0 Å². The molecule has 1 heterocycles. The Balaban J connectivity index is 2.03. The van der Waals surface area contributed by atoms with Gasteiger partial charge in [-0.1, -0.05) is 34.1 Å². The minimum Gasteiger partial charge on any atom is -0.336 e. The highest BCUT2D eigenvalue weighted by molar-refractivity contribution is 9.09. The fourth-order valence-electron chi connectivity index (χ4n) is 2.46. The molecule has 2 rings (SSSR count). The lowest BCUT2D eigenvalue weighted by molar-refractivity contribution is 0.0730. The van der Waals surface area contributed by atoms with Gasteiger partial charge in [0.15, 0.2) is 0 Å². The van der Waals surface area contributed by atoms with Gasteiger partial charge in [-0.3, -0.25) is 4.79 Å². The van der Waals surface area contributed by atoms with Gasteiger partial charge in [-0.25, -0.2) is 0 Å². The minimum atomic E-state index is 0.197. The molecule has 1 saturated heterocycles. The molecule has 1 amide bonds. The molecule has 0 bridgehead atoms. The second kappa shape index (κ2) is 6.20. The number of benzene rings is 1. The number of hydrogen-bond donors (Lipinski definition) is 0. The van der Waals surface area contributed by atoms with Gasteiger partial charge in [0, 0.05) is 23.5 Å². The molecule has 1 aromatic rings. The quantitative estimate of drug-likeness (QED) is 0.779. The van der Waals surface area contributed by atoms with E-state index in [2.05, 4.69) is 20.8 Å². The van der Waals surface area contributed by atoms with Crippen LogP contribution in [0.1, 0.15) is 36.0 Å². The standard InChI is InChI=1S/C14H18BrNO/c15-10-4-8-13-9-5-11-16(13)14(17)12-6-2-1-3-7-12/h1-3,6-7,13H,4-5,8-11H2. The van der Waals surface area contributed by atoms with Gasteiger partial charge < -0.3 is 4.90 Å². The summed E-state index contributed by atoms with van der Waals surface area (Å²) < 4.78 is 0. The van der Waals surface area contributed by atoms with Crippen LogP contribution >= 0.6 is 15.9 Å². The second-order valence-electron chi connectivity index (χ2n) is 4.49. The Kier molecular flexibility index (Phi) is 4.60. The summed E-state index contributed by atoms with van der Waals surface area (Å²) in [6, 6.07) is 10.1. The highest BCUT2D eigenvalue weighted by atomic mass is 79.9. The molecule has 1 aliphatic rings. The van der Waals surface area contributed by atoms with E-state index in [1.165, 1.54) is 0 Å². The highest BCUT2D eigenvalue weighted by Crippen LogP contribution is 2.23. The first-order valence-electron chi connectivity index (χ1n) is 6.25. The second-order valence-corrected chi connectivity index (χ2v) is 5.28. The van der Waals surface area contributed by atoms with Gasteiger partial charge >= 0.3 is 0 Å². The molecule has 0 aliphatic carbocycles. The van der Waals surface area contributed by atoms with Crippen molar-refractivity contribution in [1.82, 2.24) is 4.90 Å². The summed E-state index contributed by atoms with van der Waals surface area (Å²) in [5.41, 5.74) is 0.818. The molecule has 0 spiro atoms. The number of nitrogens with zero attached hydrogens (tertiary/aromatic N) is 1. The highest BCUT2D eigenvalue weighted by Gasteiger charge is 2.28. The SMILES string of the molecule is O=C(c1ccccc1)N1CCCC1CCCBr. The van der Waals surface area contributed by atoms with Crippen LogP contribution in [-0.4, -0.2) is 28.7 Å². The molecule has 1 fully saturated rings. The van der Waals surface area contributed by atoms with Gasteiger partial charge in [-0.15, -0.1) is 0 Å². The van der Waals surface area contributed by atoms with Gasteiger partial charge in [-0.2, -0.15) is 0 Å². The lowest BCUT2D eigenvalue weighted by Gasteiger charge is -2.24. The first-order chi connectivity index (χ1) is 8.33. The molecular weight excluding hydrogens is 278 g/mol. The van der Waals surface area contributed by atoms with Crippen molar-refractivity contribution in [3.8, 4) is 0 Å². The van der Waals surface area contributed by atoms with E-state index in [1.54, 1.807) is 0 Å². The first kappa shape index (κ1) is 12.6. The van der Waals surface area contributed by atoms with E-state index in [4.69, 9.17) is 0 Å². The Labute approximate surface area is 111 Å². The summed E-state index contributed by atoms with van der Waals surface area (Å²) in [7, 11) is 0. The maximum atomic E-state index is 12.3. The van der Waals surface area contributed by atoms with Gasteiger partial charge in [0.1, 0.15) is 0 Å². The Morgan fingerprint density at radius 2 is 2.12 bits per heavy atom. The third-order valence-corrected chi connectivity index (χ3v) is 3.89. The van der Waals surface area contributed by atoms with Crippen molar-refractivity contribution in [1.29, 1.82) is 0 Å². The minimum absolute atomic E-state index is 0.197. The number of hydrogen-bond acceptors (Lipinski definition) is 1. The Hall–Kier alpha value is -0.830. The average Bonchev–Trinajstić information content (AvgIpc) is 2.84. The monoisotopic (exact) mass is 295 g/mol. The van der Waals surface area contributed by atoms with Crippen LogP contribution < -0.4 is 0 Å². The van der Waals surface area contributed by atoms with Crippen molar-refractivity contribution in [2.24, 2.45) is 0 Å². The van der Waals surface area contributed by atoms with Crippen molar-refractivity contribution in [3.05, 3.63) is 35.9 Å². The van der Waals surface area contributed by atoms with E-state index in [0.29, 0.717) is 6.04 Å². The third kappa shape index (κ3) is 3.09. The van der Waals surface area contributed by atoms with E-state index in [-0.39, 0.29) is 5.91 Å². The first-order valence-corrected chi connectivity index (χ1v) is 7.37. The molecule has 1 aromatic carbocycles. The van der Waals surface area contributed by atoms with Crippen LogP contribution in [0.25, 0.3) is 0 Å². The normalized spacial score (nSPS) is 19.6. The van der Waals surface area contributed by atoms with E-state index in [1.807, 2.05) is 30.3 Å². The van der Waals surface area contributed by atoms with Gasteiger partial charge in [0.2, 0.25) is 0 Å². The van der Waals surface area contributed by atoms with Crippen LogP contribution in [0.5, 0.6) is 0 Å². The average molecular weight is 296 g/mol. The van der Waals surface area contributed by atoms with Crippen molar-refractivity contribution in [3.63, 3.8) is 0 Å².